The third kappa shape index (κ3) is 4.49. The van der Waals surface area contributed by atoms with E-state index in [4.69, 9.17) is 0 Å². The van der Waals surface area contributed by atoms with Crippen LogP contribution in [0.3, 0.4) is 0 Å². The van der Waals surface area contributed by atoms with Gasteiger partial charge in [-0.05, 0) is 154 Å². The molecular weight excluding hydrogens is 759 g/mol. The van der Waals surface area contributed by atoms with E-state index in [2.05, 4.69) is 214 Å². The summed E-state index contributed by atoms with van der Waals surface area (Å²) in [5, 5.41) is 2.63. The molecule has 1 heteroatoms. The van der Waals surface area contributed by atoms with Crippen LogP contribution in [-0.2, 0) is 21.7 Å². The van der Waals surface area contributed by atoms with Gasteiger partial charge in [0.05, 0.1) is 11.4 Å². The van der Waals surface area contributed by atoms with Gasteiger partial charge in [0.1, 0.15) is 0 Å². The summed E-state index contributed by atoms with van der Waals surface area (Å²) in [6.45, 7) is 24.5. The van der Waals surface area contributed by atoms with Gasteiger partial charge in [0, 0.05) is 32.7 Å². The van der Waals surface area contributed by atoms with Gasteiger partial charge in [-0.2, -0.15) is 0 Å². The van der Waals surface area contributed by atoms with Crippen LogP contribution in [0.15, 0.2) is 140 Å². The molecule has 0 spiro atoms. The zero-order chi connectivity index (χ0) is 43.3. The van der Waals surface area contributed by atoms with Crippen LogP contribution in [0.2, 0.25) is 0 Å². The van der Waals surface area contributed by atoms with Gasteiger partial charge >= 0.3 is 0 Å². The molecule has 2 atom stereocenters. The van der Waals surface area contributed by atoms with Crippen molar-refractivity contribution in [2.45, 2.75) is 103 Å². The van der Waals surface area contributed by atoms with E-state index in [1.807, 2.05) is 0 Å². The van der Waals surface area contributed by atoms with Gasteiger partial charge in [0.2, 0.25) is 0 Å². The largest absolute Gasteiger partial charge is 0.309 e. The Morgan fingerprint density at radius 1 is 0.317 bits per heavy atom. The number of hydrogen-bond donors (Lipinski definition) is 0. The maximum Gasteiger partial charge on any atom is 0.0543 e. The lowest BCUT2D eigenvalue weighted by Gasteiger charge is -2.33. The molecule has 2 unspecified atom stereocenters. The fraction of sp³-hybridized carbons (Fsp3) is 0.258. The lowest BCUT2D eigenvalue weighted by atomic mass is 9.78. The molecule has 0 N–H and O–H groups in total. The molecule has 0 fully saturated rings. The molecule has 8 aromatic carbocycles. The Kier molecular flexibility index (Phi) is 7.05. The maximum atomic E-state index is 2.74. The monoisotopic (exact) mass is 813 g/mol. The van der Waals surface area contributed by atoms with E-state index < -0.39 is 0 Å². The van der Waals surface area contributed by atoms with Crippen molar-refractivity contribution in [1.29, 1.82) is 0 Å². The minimum Gasteiger partial charge on any atom is -0.309 e. The summed E-state index contributed by atoms with van der Waals surface area (Å²) in [7, 11) is 0. The van der Waals surface area contributed by atoms with Crippen LogP contribution in [0, 0.1) is 0 Å². The predicted octanol–water partition coefficient (Wildman–Crippen LogP) is 16.8. The Hall–Kier alpha value is -6.18. The first kappa shape index (κ1) is 37.4. The fourth-order valence-corrected chi connectivity index (χ4v) is 13.5. The lowest BCUT2D eigenvalue weighted by Crippen LogP contribution is -2.19. The summed E-state index contributed by atoms with van der Waals surface area (Å²) in [6.07, 6.45) is 0. The molecular formula is C62H55N. The number of rotatable bonds is 1. The second kappa shape index (κ2) is 11.9. The summed E-state index contributed by atoms with van der Waals surface area (Å²) in [5.41, 5.74) is 28.7. The quantitative estimate of drug-likeness (QED) is 0.160. The Bertz CT molecular complexity index is 3380. The molecule has 0 aromatic heterocycles. The molecule has 1 heterocycles. The molecule has 0 radical (unpaired) electrons. The van der Waals surface area contributed by atoms with E-state index in [9.17, 15) is 0 Å². The number of benzene rings is 8. The summed E-state index contributed by atoms with van der Waals surface area (Å²) >= 11 is 0. The number of fused-ring (bicyclic) bond motifs is 16. The Labute approximate surface area is 373 Å². The molecule has 1 aliphatic heterocycles. The van der Waals surface area contributed by atoms with Crippen molar-refractivity contribution < 1.29 is 0 Å². The third-order valence-electron chi connectivity index (χ3n) is 17.3. The van der Waals surface area contributed by atoms with Crippen molar-refractivity contribution in [3.8, 4) is 44.5 Å². The van der Waals surface area contributed by atoms with Crippen LogP contribution in [0.1, 0.15) is 137 Å². The molecule has 5 aliphatic rings. The van der Waals surface area contributed by atoms with Crippen molar-refractivity contribution >= 4 is 27.8 Å². The number of anilines is 3. The SMILES string of the molecule is CC1c2cc3c(cc2N(c2cc4c(c5ccccc25)-c2cc5c(cc2C4(C)C)-c2ccccc2C5(C)C)c2cc4c(cc2C1C)-c1ccccc1C4(C)C)-c1ccccc1C3(C)C. The lowest BCUT2D eigenvalue weighted by molar-refractivity contribution is 0.622. The summed E-state index contributed by atoms with van der Waals surface area (Å²) < 4.78 is 0. The van der Waals surface area contributed by atoms with E-state index in [1.54, 1.807) is 0 Å². The molecule has 308 valence electrons. The first-order chi connectivity index (χ1) is 30.1. The highest BCUT2D eigenvalue weighted by atomic mass is 15.2. The Morgan fingerprint density at radius 2 is 0.698 bits per heavy atom. The Balaban J connectivity index is 1.13. The normalized spacial score (nSPS) is 20.1. The van der Waals surface area contributed by atoms with Crippen molar-refractivity contribution in [3.63, 3.8) is 0 Å². The van der Waals surface area contributed by atoms with Gasteiger partial charge in [-0.15, -0.1) is 0 Å². The van der Waals surface area contributed by atoms with Gasteiger partial charge in [-0.25, -0.2) is 0 Å². The fourth-order valence-electron chi connectivity index (χ4n) is 13.5. The summed E-state index contributed by atoms with van der Waals surface area (Å²) in [6, 6.07) is 54.9. The van der Waals surface area contributed by atoms with E-state index in [0.717, 1.165) is 0 Å². The van der Waals surface area contributed by atoms with Crippen molar-refractivity contribution in [2.75, 3.05) is 4.90 Å². The maximum absolute atomic E-state index is 2.74. The van der Waals surface area contributed by atoms with E-state index in [1.165, 1.54) is 128 Å². The van der Waals surface area contributed by atoms with Crippen LogP contribution < -0.4 is 4.90 Å². The molecule has 0 saturated heterocycles. The summed E-state index contributed by atoms with van der Waals surface area (Å²) in [4.78, 5) is 2.74. The zero-order valence-electron chi connectivity index (χ0n) is 38.4. The van der Waals surface area contributed by atoms with Crippen LogP contribution in [0.5, 0.6) is 0 Å². The minimum atomic E-state index is -0.222. The average molecular weight is 814 g/mol. The van der Waals surface area contributed by atoms with Gasteiger partial charge < -0.3 is 4.90 Å². The van der Waals surface area contributed by atoms with E-state index in [0.29, 0.717) is 0 Å². The van der Waals surface area contributed by atoms with Gasteiger partial charge in [0.25, 0.3) is 0 Å². The predicted molar refractivity (Wildman–Crippen MR) is 266 cm³/mol. The first-order valence-corrected chi connectivity index (χ1v) is 23.3. The zero-order valence-corrected chi connectivity index (χ0v) is 38.4. The molecule has 8 aromatic rings. The van der Waals surface area contributed by atoms with E-state index in [-0.39, 0.29) is 33.5 Å². The molecule has 0 bridgehead atoms. The van der Waals surface area contributed by atoms with Crippen LogP contribution in [-0.4, -0.2) is 0 Å². The average Bonchev–Trinajstić information content (AvgIpc) is 3.82. The topological polar surface area (TPSA) is 3.24 Å². The van der Waals surface area contributed by atoms with Crippen LogP contribution >= 0.6 is 0 Å². The summed E-state index contributed by atoms with van der Waals surface area (Å²) in [5.74, 6) is 0.566. The van der Waals surface area contributed by atoms with Crippen molar-refractivity contribution in [3.05, 3.63) is 195 Å². The third-order valence-corrected chi connectivity index (χ3v) is 17.3. The second-order valence-corrected chi connectivity index (χ2v) is 21.8. The van der Waals surface area contributed by atoms with Crippen molar-refractivity contribution in [1.82, 2.24) is 0 Å². The molecule has 0 amide bonds. The molecule has 63 heavy (non-hydrogen) atoms. The standard InChI is InChI=1S/C62H55N/c1-34-35(2)42-28-50-45(38-21-15-18-26-49(38)59(50,3)4)31-55(42)63(57-32-53-43(27-41(34)57)36-19-13-16-24-47(36)61(53,7)8)56-33-54-58(40-23-12-11-22-39(40)56)46-30-51-44(29-52(46)62(54,9)10)37-20-14-17-25-48(37)60(51,5)6/h11-35H,1-10H3. The molecule has 4 aliphatic carbocycles. The van der Waals surface area contributed by atoms with Gasteiger partial charge in [-0.3, -0.25) is 0 Å². The highest BCUT2D eigenvalue weighted by Crippen LogP contribution is 2.62. The number of hydrogen-bond acceptors (Lipinski definition) is 1. The highest BCUT2D eigenvalue weighted by Gasteiger charge is 2.45. The molecule has 1 nitrogen and oxygen atoms in total. The van der Waals surface area contributed by atoms with Gasteiger partial charge in [0.15, 0.2) is 0 Å². The highest BCUT2D eigenvalue weighted by molar-refractivity contribution is 6.11. The molecule has 0 saturated carbocycles. The first-order valence-electron chi connectivity index (χ1n) is 23.3. The van der Waals surface area contributed by atoms with E-state index >= 15 is 0 Å². The van der Waals surface area contributed by atoms with Crippen LogP contribution in [0.4, 0.5) is 17.1 Å². The van der Waals surface area contributed by atoms with Gasteiger partial charge in [-0.1, -0.05) is 172 Å². The smallest absolute Gasteiger partial charge is 0.0543 e. The number of nitrogens with zero attached hydrogens (tertiary/aromatic N) is 1. The minimum absolute atomic E-state index is 0.0718. The Morgan fingerprint density at radius 3 is 1.29 bits per heavy atom. The second-order valence-electron chi connectivity index (χ2n) is 21.8. The van der Waals surface area contributed by atoms with Crippen molar-refractivity contribution in [2.24, 2.45) is 0 Å². The molecule has 13 rings (SSSR count). The van der Waals surface area contributed by atoms with Crippen LogP contribution in [0.25, 0.3) is 55.3 Å².